The van der Waals surface area contributed by atoms with Gasteiger partial charge in [-0.05, 0) is 31.6 Å². The molecular weight excluding hydrogens is 160 g/mol. The molecule has 74 valence electrons. The highest BCUT2D eigenvalue weighted by Gasteiger charge is 2.44. The minimum Gasteiger partial charge on any atom is -0.389 e. The summed E-state index contributed by atoms with van der Waals surface area (Å²) >= 11 is 0. The minimum atomic E-state index is -0.373. The highest BCUT2D eigenvalue weighted by atomic mass is 16.3. The van der Waals surface area contributed by atoms with Crippen molar-refractivity contribution in [2.75, 3.05) is 0 Å². The fourth-order valence-electron chi connectivity index (χ4n) is 3.05. The van der Waals surface area contributed by atoms with E-state index < -0.39 is 0 Å². The van der Waals surface area contributed by atoms with Gasteiger partial charge in [0.2, 0.25) is 0 Å². The van der Waals surface area contributed by atoms with Crippen LogP contribution in [0.5, 0.6) is 0 Å². The summed E-state index contributed by atoms with van der Waals surface area (Å²) in [7, 11) is 0. The van der Waals surface area contributed by atoms with Crippen LogP contribution in [0, 0.1) is 11.8 Å². The molecule has 0 aliphatic heterocycles. The lowest BCUT2D eigenvalue weighted by Crippen LogP contribution is -2.45. The topological polar surface area (TPSA) is 20.2 Å². The number of rotatable bonds is 0. The Kier molecular flexibility index (Phi) is 2.23. The van der Waals surface area contributed by atoms with Crippen LogP contribution in [0.25, 0.3) is 0 Å². The molecule has 2 fully saturated rings. The van der Waals surface area contributed by atoms with Crippen molar-refractivity contribution < 1.29 is 5.11 Å². The SMILES string of the molecule is C=C1[C@H](C)CC[C@]2(O)CCCC[C@@H]12. The molecule has 0 spiro atoms. The molecule has 13 heavy (non-hydrogen) atoms. The van der Waals surface area contributed by atoms with E-state index in [0.717, 1.165) is 19.3 Å². The van der Waals surface area contributed by atoms with E-state index in [1.54, 1.807) is 0 Å². The molecule has 0 aromatic rings. The fourth-order valence-corrected chi connectivity index (χ4v) is 3.05. The molecule has 0 aromatic carbocycles. The molecule has 3 atom stereocenters. The van der Waals surface area contributed by atoms with E-state index in [1.807, 2.05) is 0 Å². The Bertz CT molecular complexity index is 221. The van der Waals surface area contributed by atoms with Gasteiger partial charge in [-0.1, -0.05) is 31.9 Å². The molecule has 2 aliphatic rings. The Hall–Kier alpha value is -0.300. The van der Waals surface area contributed by atoms with Crippen LogP contribution in [-0.2, 0) is 0 Å². The summed E-state index contributed by atoms with van der Waals surface area (Å²) in [5.74, 6) is 1.04. The highest BCUT2D eigenvalue weighted by Crippen LogP contribution is 2.47. The molecule has 0 amide bonds. The van der Waals surface area contributed by atoms with Gasteiger partial charge in [-0.15, -0.1) is 0 Å². The van der Waals surface area contributed by atoms with Crippen molar-refractivity contribution >= 4 is 0 Å². The molecule has 2 rings (SSSR count). The van der Waals surface area contributed by atoms with Gasteiger partial charge in [0.15, 0.2) is 0 Å². The van der Waals surface area contributed by atoms with Crippen LogP contribution in [0.4, 0.5) is 0 Å². The molecule has 1 heteroatoms. The predicted octanol–water partition coefficient (Wildman–Crippen LogP) is 2.89. The van der Waals surface area contributed by atoms with Crippen molar-refractivity contribution in [3.05, 3.63) is 12.2 Å². The molecule has 0 saturated heterocycles. The van der Waals surface area contributed by atoms with Gasteiger partial charge in [0.05, 0.1) is 5.60 Å². The molecular formula is C12H20O. The second-order valence-electron chi connectivity index (χ2n) is 4.92. The van der Waals surface area contributed by atoms with E-state index in [-0.39, 0.29) is 5.60 Å². The summed E-state index contributed by atoms with van der Waals surface area (Å²) in [4.78, 5) is 0. The van der Waals surface area contributed by atoms with Gasteiger partial charge in [0.1, 0.15) is 0 Å². The smallest absolute Gasteiger partial charge is 0.0713 e. The van der Waals surface area contributed by atoms with Crippen LogP contribution < -0.4 is 0 Å². The van der Waals surface area contributed by atoms with Gasteiger partial charge in [-0.25, -0.2) is 0 Å². The summed E-state index contributed by atoms with van der Waals surface area (Å²) < 4.78 is 0. The van der Waals surface area contributed by atoms with Crippen LogP contribution in [-0.4, -0.2) is 10.7 Å². The van der Waals surface area contributed by atoms with Crippen LogP contribution in [0.2, 0.25) is 0 Å². The van der Waals surface area contributed by atoms with E-state index in [0.29, 0.717) is 11.8 Å². The van der Waals surface area contributed by atoms with E-state index in [9.17, 15) is 5.11 Å². The quantitative estimate of drug-likeness (QED) is 0.568. The molecule has 0 unspecified atom stereocenters. The van der Waals surface area contributed by atoms with Crippen molar-refractivity contribution in [3.8, 4) is 0 Å². The zero-order valence-electron chi connectivity index (χ0n) is 8.55. The van der Waals surface area contributed by atoms with Crippen LogP contribution in [0.15, 0.2) is 12.2 Å². The molecule has 0 heterocycles. The number of hydrogen-bond acceptors (Lipinski definition) is 1. The normalized spacial score (nSPS) is 45.8. The van der Waals surface area contributed by atoms with E-state index in [2.05, 4.69) is 13.5 Å². The Morgan fingerprint density at radius 3 is 2.85 bits per heavy atom. The monoisotopic (exact) mass is 180 g/mol. The number of aliphatic hydroxyl groups is 1. The summed E-state index contributed by atoms with van der Waals surface area (Å²) in [6.45, 7) is 6.41. The lowest BCUT2D eigenvalue weighted by molar-refractivity contribution is -0.0602. The summed E-state index contributed by atoms with van der Waals surface area (Å²) in [5.41, 5.74) is 0.940. The van der Waals surface area contributed by atoms with Gasteiger partial charge in [-0.3, -0.25) is 0 Å². The third-order valence-corrected chi connectivity index (χ3v) is 4.09. The Labute approximate surface area is 80.8 Å². The molecule has 2 aliphatic carbocycles. The average molecular weight is 180 g/mol. The average Bonchev–Trinajstić information content (AvgIpc) is 2.12. The predicted molar refractivity (Wildman–Crippen MR) is 54.4 cm³/mol. The first-order valence-corrected chi connectivity index (χ1v) is 5.54. The second-order valence-corrected chi connectivity index (χ2v) is 4.92. The van der Waals surface area contributed by atoms with Crippen LogP contribution in [0.3, 0.4) is 0 Å². The first-order chi connectivity index (χ1) is 6.13. The van der Waals surface area contributed by atoms with Crippen molar-refractivity contribution in [2.45, 2.75) is 51.0 Å². The zero-order valence-corrected chi connectivity index (χ0v) is 8.55. The van der Waals surface area contributed by atoms with Crippen molar-refractivity contribution in [1.82, 2.24) is 0 Å². The van der Waals surface area contributed by atoms with Crippen LogP contribution in [0.1, 0.15) is 45.4 Å². The van der Waals surface area contributed by atoms with Gasteiger partial charge in [0, 0.05) is 5.92 Å². The van der Waals surface area contributed by atoms with Gasteiger partial charge < -0.3 is 5.11 Å². The van der Waals surface area contributed by atoms with Crippen molar-refractivity contribution in [1.29, 1.82) is 0 Å². The van der Waals surface area contributed by atoms with E-state index in [1.165, 1.54) is 24.8 Å². The maximum atomic E-state index is 10.4. The van der Waals surface area contributed by atoms with Gasteiger partial charge in [-0.2, -0.15) is 0 Å². The van der Waals surface area contributed by atoms with Gasteiger partial charge >= 0.3 is 0 Å². The Balaban J connectivity index is 2.20. The first kappa shape index (κ1) is 9.26. The number of fused-ring (bicyclic) bond motifs is 1. The van der Waals surface area contributed by atoms with Crippen molar-refractivity contribution in [2.24, 2.45) is 11.8 Å². The molecule has 0 aromatic heterocycles. The Morgan fingerprint density at radius 2 is 2.08 bits per heavy atom. The fraction of sp³-hybridized carbons (Fsp3) is 0.833. The molecule has 0 radical (unpaired) electrons. The summed E-state index contributed by atoms with van der Waals surface area (Å²) in [6, 6.07) is 0. The largest absolute Gasteiger partial charge is 0.389 e. The van der Waals surface area contributed by atoms with Crippen molar-refractivity contribution in [3.63, 3.8) is 0 Å². The molecule has 1 N–H and O–H groups in total. The first-order valence-electron chi connectivity index (χ1n) is 5.54. The Morgan fingerprint density at radius 1 is 1.31 bits per heavy atom. The second kappa shape index (κ2) is 3.13. The lowest BCUT2D eigenvalue weighted by atomic mass is 9.62. The van der Waals surface area contributed by atoms with Crippen LogP contribution >= 0.6 is 0 Å². The molecule has 2 saturated carbocycles. The van der Waals surface area contributed by atoms with Gasteiger partial charge in [0.25, 0.3) is 0 Å². The molecule has 0 bridgehead atoms. The summed E-state index contributed by atoms with van der Waals surface area (Å²) in [6.07, 6.45) is 6.78. The highest BCUT2D eigenvalue weighted by molar-refractivity contribution is 5.16. The third kappa shape index (κ3) is 1.43. The third-order valence-electron chi connectivity index (χ3n) is 4.09. The maximum Gasteiger partial charge on any atom is 0.0713 e. The summed E-state index contributed by atoms with van der Waals surface area (Å²) in [5, 5.41) is 10.4. The maximum absolute atomic E-state index is 10.4. The van der Waals surface area contributed by atoms with E-state index in [4.69, 9.17) is 0 Å². The molecule has 1 nitrogen and oxygen atoms in total. The standard InChI is InChI=1S/C12H20O/c1-9-6-8-12(13)7-4-3-5-11(12)10(9)2/h9,11,13H,2-8H2,1H3/t9-,11+,12-/m1/s1. The zero-order chi connectivity index (χ0) is 9.47. The van der Waals surface area contributed by atoms with E-state index >= 15 is 0 Å². The lowest BCUT2D eigenvalue weighted by Gasteiger charge is -2.47. The number of hydrogen-bond donors (Lipinski definition) is 1. The minimum absolute atomic E-state index is 0.373.